The number of hydrogen-bond acceptors (Lipinski definition) is 4. The molecule has 3 aromatic rings. The zero-order valence-electron chi connectivity index (χ0n) is 16.2. The Kier molecular flexibility index (Phi) is 8.76. The van der Waals surface area contributed by atoms with Crippen LogP contribution >= 0.6 is 66.1 Å². The predicted octanol–water partition coefficient (Wildman–Crippen LogP) is 6.82. The summed E-state index contributed by atoms with van der Waals surface area (Å²) >= 11 is 15.4. The largest absolute Gasteiger partial charge is 0.496 e. The first kappa shape index (κ1) is 24.0. The molecule has 0 radical (unpaired) electrons. The summed E-state index contributed by atoms with van der Waals surface area (Å²) in [5.74, 6) is 0.952. The zero-order valence-corrected chi connectivity index (χ0v) is 22.2. The maximum atomic E-state index is 12.3. The highest BCUT2D eigenvalue weighted by Crippen LogP contribution is 2.35. The van der Waals surface area contributed by atoms with E-state index in [0.29, 0.717) is 28.7 Å². The van der Waals surface area contributed by atoms with Gasteiger partial charge in [0, 0.05) is 16.1 Å². The second-order valence-electron chi connectivity index (χ2n) is 6.24. The average molecular weight is 679 g/mol. The molecule has 0 heterocycles. The number of benzene rings is 3. The number of ether oxygens (including phenoxy) is 2. The first-order valence-corrected chi connectivity index (χ1v) is 12.0. The first-order valence-electron chi connectivity index (χ1n) is 8.91. The van der Waals surface area contributed by atoms with E-state index >= 15 is 0 Å². The third-order valence-electron chi connectivity index (χ3n) is 4.14. The number of nitrogens with zero attached hydrogens (tertiary/aromatic N) is 1. The first-order chi connectivity index (χ1) is 14.9. The lowest BCUT2D eigenvalue weighted by Crippen LogP contribution is -2.17. The number of amides is 1. The van der Waals surface area contributed by atoms with Crippen LogP contribution in [0.1, 0.15) is 21.5 Å². The number of nitrogens with one attached hydrogen (secondary N) is 1. The third kappa shape index (κ3) is 6.44. The molecule has 5 nitrogen and oxygen atoms in total. The number of rotatable bonds is 7. The molecule has 0 aliphatic rings. The van der Waals surface area contributed by atoms with Gasteiger partial charge in [0.25, 0.3) is 5.91 Å². The van der Waals surface area contributed by atoms with Crippen LogP contribution in [-0.2, 0) is 6.61 Å². The smallest absolute Gasteiger partial charge is 0.271 e. The van der Waals surface area contributed by atoms with Crippen molar-refractivity contribution in [1.82, 2.24) is 5.43 Å². The molecule has 3 aromatic carbocycles. The fraction of sp³-hybridized carbons (Fsp3) is 0.0909. The summed E-state index contributed by atoms with van der Waals surface area (Å²) in [7, 11) is 1.56. The SMILES string of the molecule is COc1cc(C(=O)N/N=C\c2cc(Br)c(OCc3ccccc3Cl)c(Br)c2)ccc1I. The molecule has 0 aliphatic heterocycles. The van der Waals surface area contributed by atoms with Crippen LogP contribution in [0.3, 0.4) is 0 Å². The Hall–Kier alpha value is -1.62. The molecule has 9 heteroatoms. The van der Waals surface area contributed by atoms with E-state index in [1.807, 2.05) is 42.5 Å². The molecular formula is C22H16Br2ClIN2O3. The van der Waals surface area contributed by atoms with Crippen LogP contribution < -0.4 is 14.9 Å². The minimum atomic E-state index is -0.330. The van der Waals surface area contributed by atoms with E-state index in [0.717, 1.165) is 23.6 Å². The number of methoxy groups -OCH3 is 1. The van der Waals surface area contributed by atoms with E-state index in [1.165, 1.54) is 0 Å². The van der Waals surface area contributed by atoms with E-state index in [-0.39, 0.29) is 5.91 Å². The molecule has 0 unspecified atom stereocenters. The van der Waals surface area contributed by atoms with Gasteiger partial charge in [0.1, 0.15) is 18.1 Å². The summed E-state index contributed by atoms with van der Waals surface area (Å²) < 4.78 is 13.6. The van der Waals surface area contributed by atoms with Crippen LogP contribution in [-0.4, -0.2) is 19.2 Å². The van der Waals surface area contributed by atoms with Crippen molar-refractivity contribution in [3.05, 3.63) is 88.8 Å². The molecule has 0 saturated heterocycles. The van der Waals surface area contributed by atoms with Crippen LogP contribution in [0.5, 0.6) is 11.5 Å². The van der Waals surface area contributed by atoms with Crippen molar-refractivity contribution in [2.75, 3.05) is 7.11 Å². The van der Waals surface area contributed by atoms with Gasteiger partial charge in [0.05, 0.1) is 25.8 Å². The molecule has 0 aliphatic carbocycles. The van der Waals surface area contributed by atoms with Crippen molar-refractivity contribution >= 4 is 78.2 Å². The third-order valence-corrected chi connectivity index (χ3v) is 6.58. The Morgan fingerprint density at radius 2 is 1.87 bits per heavy atom. The molecule has 1 amide bonds. The van der Waals surface area contributed by atoms with E-state index in [1.54, 1.807) is 25.5 Å². The summed E-state index contributed by atoms with van der Waals surface area (Å²) in [6.07, 6.45) is 1.55. The van der Waals surface area contributed by atoms with Gasteiger partial charge in [-0.25, -0.2) is 5.43 Å². The summed E-state index contributed by atoms with van der Waals surface area (Å²) in [6, 6.07) is 16.4. The molecule has 3 rings (SSSR count). The highest BCUT2D eigenvalue weighted by atomic mass is 127. The number of hydrazone groups is 1. The van der Waals surface area contributed by atoms with Gasteiger partial charge in [-0.3, -0.25) is 4.79 Å². The normalized spacial score (nSPS) is 10.9. The van der Waals surface area contributed by atoms with Gasteiger partial charge in [0.2, 0.25) is 0 Å². The van der Waals surface area contributed by atoms with Crippen LogP contribution in [0.15, 0.2) is 68.6 Å². The van der Waals surface area contributed by atoms with E-state index in [2.05, 4.69) is 65.0 Å². The quantitative estimate of drug-likeness (QED) is 0.170. The Morgan fingerprint density at radius 3 is 2.55 bits per heavy atom. The van der Waals surface area contributed by atoms with Crippen molar-refractivity contribution in [1.29, 1.82) is 0 Å². The van der Waals surface area contributed by atoms with Gasteiger partial charge in [-0.05, 0) is 96.4 Å². The molecule has 160 valence electrons. The van der Waals surface area contributed by atoms with Crippen molar-refractivity contribution < 1.29 is 14.3 Å². The fourth-order valence-corrected chi connectivity index (χ4v) is 4.79. The summed E-state index contributed by atoms with van der Waals surface area (Å²) in [6.45, 7) is 0.333. The standard InChI is InChI=1S/C22H16Br2ClIN2O3/c1-30-20-10-14(6-7-19(20)26)22(29)28-27-11-13-8-16(23)21(17(24)9-13)31-12-15-4-2-3-5-18(15)25/h2-11H,12H2,1H3,(H,28,29)/b27-11-. The van der Waals surface area contributed by atoms with Crippen LogP contribution in [0, 0.1) is 3.57 Å². The lowest BCUT2D eigenvalue weighted by atomic mass is 10.2. The molecule has 0 atom stereocenters. The van der Waals surface area contributed by atoms with Gasteiger partial charge < -0.3 is 9.47 Å². The van der Waals surface area contributed by atoms with E-state index in [4.69, 9.17) is 21.1 Å². The van der Waals surface area contributed by atoms with Crippen molar-refractivity contribution in [2.45, 2.75) is 6.61 Å². The minimum Gasteiger partial charge on any atom is -0.496 e. The predicted molar refractivity (Wildman–Crippen MR) is 138 cm³/mol. The van der Waals surface area contributed by atoms with E-state index < -0.39 is 0 Å². The molecular weight excluding hydrogens is 662 g/mol. The highest BCUT2D eigenvalue weighted by Gasteiger charge is 2.11. The summed E-state index contributed by atoms with van der Waals surface area (Å²) in [5, 5.41) is 4.70. The maximum Gasteiger partial charge on any atom is 0.271 e. The van der Waals surface area contributed by atoms with Crippen molar-refractivity contribution in [2.24, 2.45) is 5.10 Å². The number of hydrogen-bond donors (Lipinski definition) is 1. The second kappa shape index (κ2) is 11.3. The van der Waals surface area contributed by atoms with Crippen molar-refractivity contribution in [3.63, 3.8) is 0 Å². The van der Waals surface area contributed by atoms with Gasteiger partial charge in [-0.2, -0.15) is 5.10 Å². The Balaban J connectivity index is 1.66. The van der Waals surface area contributed by atoms with Crippen LogP contribution in [0.4, 0.5) is 0 Å². The zero-order chi connectivity index (χ0) is 22.4. The number of carbonyl (C=O) groups is 1. The maximum absolute atomic E-state index is 12.3. The molecule has 0 bridgehead atoms. The Morgan fingerprint density at radius 1 is 1.16 bits per heavy atom. The van der Waals surface area contributed by atoms with Gasteiger partial charge in [-0.15, -0.1) is 0 Å². The summed E-state index contributed by atoms with van der Waals surface area (Å²) in [4.78, 5) is 12.3. The lowest BCUT2D eigenvalue weighted by molar-refractivity contribution is 0.0954. The average Bonchev–Trinajstić information content (AvgIpc) is 2.74. The lowest BCUT2D eigenvalue weighted by Gasteiger charge is -2.12. The molecule has 31 heavy (non-hydrogen) atoms. The number of halogens is 4. The van der Waals surface area contributed by atoms with Gasteiger partial charge in [0.15, 0.2) is 0 Å². The second-order valence-corrected chi connectivity index (χ2v) is 9.52. The molecule has 1 N–H and O–H groups in total. The topological polar surface area (TPSA) is 59.9 Å². The van der Waals surface area contributed by atoms with Crippen LogP contribution in [0.2, 0.25) is 5.02 Å². The highest BCUT2D eigenvalue weighted by molar-refractivity contribution is 14.1. The van der Waals surface area contributed by atoms with Gasteiger partial charge in [-0.1, -0.05) is 29.8 Å². The van der Waals surface area contributed by atoms with Crippen LogP contribution in [0.25, 0.3) is 0 Å². The number of carbonyl (C=O) groups excluding carboxylic acids is 1. The Bertz CT molecular complexity index is 1120. The molecule has 0 saturated carbocycles. The fourth-order valence-electron chi connectivity index (χ4n) is 2.59. The molecule has 0 fully saturated rings. The van der Waals surface area contributed by atoms with E-state index in [9.17, 15) is 4.79 Å². The monoisotopic (exact) mass is 676 g/mol. The van der Waals surface area contributed by atoms with Crippen molar-refractivity contribution in [3.8, 4) is 11.5 Å². The molecule has 0 aromatic heterocycles. The molecule has 0 spiro atoms. The summed E-state index contributed by atoms with van der Waals surface area (Å²) in [5.41, 5.74) is 4.64. The Labute approximate surface area is 215 Å². The minimum absolute atomic E-state index is 0.330. The van der Waals surface area contributed by atoms with Gasteiger partial charge >= 0.3 is 0 Å².